The van der Waals surface area contributed by atoms with E-state index in [1.807, 2.05) is 24.3 Å². The molecule has 0 aliphatic carbocycles. The average Bonchev–Trinajstić information content (AvgIpc) is 2.99. The number of thioether (sulfide) groups is 1. The van der Waals surface area contributed by atoms with Gasteiger partial charge >= 0.3 is 0 Å². The van der Waals surface area contributed by atoms with Gasteiger partial charge in [-0.3, -0.25) is 0 Å². The lowest BCUT2D eigenvalue weighted by atomic mass is 10.2. The standard InChI is InChI=1S/C17H11ClN2O2S2/c1-22-14-8-10(7-12(18)16(14)21)6-11(9-19)23-17-20-13-4-2-3-5-15(13)24-17/h2-8,21H,1H3/b11-6+. The zero-order chi connectivity index (χ0) is 17.1. The Labute approximate surface area is 152 Å². The van der Waals surface area contributed by atoms with Crippen LogP contribution in [0.25, 0.3) is 16.3 Å². The van der Waals surface area contributed by atoms with E-state index in [1.165, 1.54) is 30.2 Å². The van der Waals surface area contributed by atoms with E-state index < -0.39 is 0 Å². The highest BCUT2D eigenvalue weighted by atomic mass is 35.5. The summed E-state index contributed by atoms with van der Waals surface area (Å²) in [6.45, 7) is 0. The van der Waals surface area contributed by atoms with E-state index in [0.717, 1.165) is 14.6 Å². The summed E-state index contributed by atoms with van der Waals surface area (Å²) < 4.78 is 6.94. The third-order valence-electron chi connectivity index (χ3n) is 3.15. The van der Waals surface area contributed by atoms with E-state index in [4.69, 9.17) is 16.3 Å². The van der Waals surface area contributed by atoms with Gasteiger partial charge in [0, 0.05) is 0 Å². The summed E-state index contributed by atoms with van der Waals surface area (Å²) in [5.74, 6) is 0.143. The van der Waals surface area contributed by atoms with Gasteiger partial charge in [-0.15, -0.1) is 11.3 Å². The van der Waals surface area contributed by atoms with Crippen molar-refractivity contribution in [3.8, 4) is 17.6 Å². The third-order valence-corrected chi connectivity index (χ3v) is 5.46. The van der Waals surface area contributed by atoms with Gasteiger partial charge in [-0.2, -0.15) is 5.26 Å². The average molecular weight is 375 g/mol. The molecule has 2 aromatic carbocycles. The molecule has 3 aromatic rings. The Balaban J connectivity index is 1.92. The van der Waals surface area contributed by atoms with Gasteiger partial charge in [-0.25, -0.2) is 4.98 Å². The molecule has 0 bridgehead atoms. The number of aromatic nitrogens is 1. The van der Waals surface area contributed by atoms with Crippen molar-refractivity contribution >= 4 is 51.0 Å². The Hall–Kier alpha value is -2.20. The van der Waals surface area contributed by atoms with Crippen molar-refractivity contribution in [1.29, 1.82) is 5.26 Å². The number of hydrogen-bond donors (Lipinski definition) is 1. The first-order chi connectivity index (χ1) is 11.6. The molecular weight excluding hydrogens is 364 g/mol. The molecule has 0 saturated heterocycles. The largest absolute Gasteiger partial charge is 0.503 e. The molecule has 0 unspecified atom stereocenters. The number of ether oxygens (including phenoxy) is 1. The number of aromatic hydroxyl groups is 1. The summed E-state index contributed by atoms with van der Waals surface area (Å²) >= 11 is 8.81. The fraction of sp³-hybridized carbons (Fsp3) is 0.0588. The maximum Gasteiger partial charge on any atom is 0.176 e. The Kier molecular flexibility index (Phi) is 4.95. The number of thiazole rings is 1. The second-order valence-corrected chi connectivity index (χ2v) is 7.45. The molecule has 120 valence electrons. The fourth-order valence-corrected chi connectivity index (χ4v) is 4.25. The number of fused-ring (bicyclic) bond motifs is 1. The molecule has 0 spiro atoms. The number of halogens is 1. The molecule has 1 N–H and O–H groups in total. The van der Waals surface area contributed by atoms with Crippen LogP contribution in [0.3, 0.4) is 0 Å². The van der Waals surface area contributed by atoms with Gasteiger partial charge in [0.1, 0.15) is 6.07 Å². The Bertz CT molecular complexity index is 943. The maximum absolute atomic E-state index is 9.77. The highest BCUT2D eigenvalue weighted by Crippen LogP contribution is 2.38. The van der Waals surface area contributed by atoms with Crippen LogP contribution in [-0.4, -0.2) is 17.2 Å². The van der Waals surface area contributed by atoms with Crippen molar-refractivity contribution in [3.63, 3.8) is 0 Å². The van der Waals surface area contributed by atoms with Gasteiger partial charge in [0.25, 0.3) is 0 Å². The van der Waals surface area contributed by atoms with Crippen LogP contribution in [0.4, 0.5) is 0 Å². The molecule has 0 aliphatic heterocycles. The first-order valence-electron chi connectivity index (χ1n) is 6.82. The summed E-state index contributed by atoms with van der Waals surface area (Å²) in [6.07, 6.45) is 1.69. The summed E-state index contributed by atoms with van der Waals surface area (Å²) in [5.41, 5.74) is 1.58. The number of allylic oxidation sites excluding steroid dienone is 1. The van der Waals surface area contributed by atoms with Crippen LogP contribution in [0.5, 0.6) is 11.5 Å². The van der Waals surface area contributed by atoms with Crippen LogP contribution in [-0.2, 0) is 0 Å². The lowest BCUT2D eigenvalue weighted by Crippen LogP contribution is -1.86. The van der Waals surface area contributed by atoms with Gasteiger partial charge in [0.15, 0.2) is 15.8 Å². The summed E-state index contributed by atoms with van der Waals surface area (Å²) in [6, 6.07) is 13.2. The second kappa shape index (κ2) is 7.14. The molecule has 0 amide bonds. The molecule has 24 heavy (non-hydrogen) atoms. The monoisotopic (exact) mass is 374 g/mol. The molecule has 0 radical (unpaired) electrons. The number of hydrogen-bond acceptors (Lipinski definition) is 6. The van der Waals surface area contributed by atoms with Gasteiger partial charge < -0.3 is 9.84 Å². The minimum Gasteiger partial charge on any atom is -0.503 e. The van der Waals surface area contributed by atoms with Crippen LogP contribution in [0.2, 0.25) is 5.02 Å². The second-order valence-electron chi connectivity index (χ2n) is 4.72. The first kappa shape index (κ1) is 16.7. The van der Waals surface area contributed by atoms with E-state index in [0.29, 0.717) is 10.5 Å². The van der Waals surface area contributed by atoms with Crippen LogP contribution in [0.15, 0.2) is 45.6 Å². The zero-order valence-corrected chi connectivity index (χ0v) is 14.9. The van der Waals surface area contributed by atoms with Crippen molar-refractivity contribution in [2.24, 2.45) is 0 Å². The molecule has 3 rings (SSSR count). The van der Waals surface area contributed by atoms with E-state index in [9.17, 15) is 10.4 Å². The van der Waals surface area contributed by atoms with Gasteiger partial charge in [0.2, 0.25) is 0 Å². The Morgan fingerprint density at radius 1 is 1.42 bits per heavy atom. The Morgan fingerprint density at radius 3 is 2.92 bits per heavy atom. The number of methoxy groups -OCH3 is 1. The Morgan fingerprint density at radius 2 is 2.21 bits per heavy atom. The van der Waals surface area contributed by atoms with Crippen molar-refractivity contribution in [3.05, 3.63) is 51.9 Å². The number of phenols is 1. The number of para-hydroxylation sites is 1. The third kappa shape index (κ3) is 3.49. The summed E-state index contributed by atoms with van der Waals surface area (Å²) in [5, 5.41) is 19.3. The minimum absolute atomic E-state index is 0.117. The van der Waals surface area contributed by atoms with Crippen LogP contribution in [0.1, 0.15) is 5.56 Å². The summed E-state index contributed by atoms with van der Waals surface area (Å²) in [4.78, 5) is 4.98. The van der Waals surface area contributed by atoms with Crippen LogP contribution < -0.4 is 4.74 Å². The maximum atomic E-state index is 9.77. The quantitative estimate of drug-likeness (QED) is 0.494. The number of nitriles is 1. The zero-order valence-electron chi connectivity index (χ0n) is 12.5. The minimum atomic E-state index is -0.117. The van der Waals surface area contributed by atoms with Crippen LogP contribution >= 0.6 is 34.7 Å². The molecule has 0 aliphatic rings. The predicted octanol–water partition coefficient (Wildman–Crippen LogP) is 5.32. The van der Waals surface area contributed by atoms with Gasteiger partial charge in [0.05, 0.1) is 27.3 Å². The van der Waals surface area contributed by atoms with Gasteiger partial charge in [-0.05, 0) is 47.7 Å². The van der Waals surface area contributed by atoms with Crippen LogP contribution in [0, 0.1) is 11.3 Å². The lowest BCUT2D eigenvalue weighted by molar-refractivity contribution is 0.373. The fourth-order valence-electron chi connectivity index (χ4n) is 2.06. The van der Waals surface area contributed by atoms with Crippen molar-refractivity contribution in [2.45, 2.75) is 4.34 Å². The number of nitrogens with zero attached hydrogens (tertiary/aromatic N) is 2. The molecule has 4 nitrogen and oxygen atoms in total. The molecule has 1 heterocycles. The normalized spacial score (nSPS) is 11.5. The highest BCUT2D eigenvalue weighted by molar-refractivity contribution is 8.05. The topological polar surface area (TPSA) is 66.1 Å². The summed E-state index contributed by atoms with van der Waals surface area (Å²) in [7, 11) is 1.44. The van der Waals surface area contributed by atoms with Crippen molar-refractivity contribution in [2.75, 3.05) is 7.11 Å². The molecule has 1 aromatic heterocycles. The van der Waals surface area contributed by atoms with E-state index in [2.05, 4.69) is 11.1 Å². The van der Waals surface area contributed by atoms with E-state index in [-0.39, 0.29) is 16.5 Å². The highest BCUT2D eigenvalue weighted by Gasteiger charge is 2.10. The van der Waals surface area contributed by atoms with E-state index >= 15 is 0 Å². The molecule has 0 saturated carbocycles. The number of phenolic OH excluding ortho intramolecular Hbond substituents is 1. The number of benzene rings is 2. The van der Waals surface area contributed by atoms with Gasteiger partial charge in [-0.1, -0.05) is 23.7 Å². The SMILES string of the molecule is COc1cc(/C=C(\C#N)Sc2nc3ccccc3s2)cc(Cl)c1O. The lowest BCUT2D eigenvalue weighted by Gasteiger charge is -2.06. The smallest absolute Gasteiger partial charge is 0.176 e. The number of rotatable bonds is 4. The van der Waals surface area contributed by atoms with Crippen molar-refractivity contribution < 1.29 is 9.84 Å². The molecular formula is C17H11ClN2O2S2. The molecule has 0 atom stereocenters. The van der Waals surface area contributed by atoms with Crippen molar-refractivity contribution in [1.82, 2.24) is 4.98 Å². The molecule has 7 heteroatoms. The van der Waals surface area contributed by atoms with E-state index in [1.54, 1.807) is 18.2 Å². The molecule has 0 fully saturated rings. The first-order valence-corrected chi connectivity index (χ1v) is 8.83. The predicted molar refractivity (Wildman–Crippen MR) is 98.7 cm³/mol.